The summed E-state index contributed by atoms with van der Waals surface area (Å²) in [5.74, 6) is -0.708. The normalized spacial score (nSPS) is 12.4. The van der Waals surface area contributed by atoms with E-state index in [0.717, 1.165) is 77.4 Å². The molecule has 0 radical (unpaired) electrons. The largest absolute Gasteiger partial charge is 0.308 e. The van der Waals surface area contributed by atoms with Gasteiger partial charge in [-0.05, 0) is 120 Å². The first kappa shape index (κ1) is 38.8. The van der Waals surface area contributed by atoms with Gasteiger partial charge < -0.3 is 4.57 Å². The zero-order valence-corrected chi connectivity index (χ0v) is 36.2. The Balaban J connectivity index is 1.17. The van der Waals surface area contributed by atoms with Gasteiger partial charge in [-0.3, -0.25) is 9.59 Å². The number of aromatic nitrogens is 1. The van der Waals surface area contributed by atoms with Gasteiger partial charge in [0.25, 0.3) is 11.8 Å². The first-order valence-electron chi connectivity index (χ1n) is 21.8. The molecule has 1 aliphatic rings. The lowest BCUT2D eigenvalue weighted by Crippen LogP contribution is -2.30. The Bertz CT molecular complexity index is 3340. The lowest BCUT2D eigenvalue weighted by atomic mass is 9.90. The smallest absolute Gasteiger partial charge is 0.268 e. The molecule has 0 saturated heterocycles. The number of benzene rings is 9. The summed E-state index contributed by atoms with van der Waals surface area (Å²) in [7, 11) is 0. The first-order chi connectivity index (χ1) is 31.2. The van der Waals surface area contributed by atoms with Gasteiger partial charge in [-0.2, -0.15) is 0 Å². The van der Waals surface area contributed by atoms with Crippen molar-refractivity contribution in [1.29, 1.82) is 0 Å². The van der Waals surface area contributed by atoms with Crippen molar-refractivity contribution < 1.29 is 9.59 Å². The van der Waals surface area contributed by atoms with Gasteiger partial charge in [-0.1, -0.05) is 169 Å². The highest BCUT2D eigenvalue weighted by Crippen LogP contribution is 2.47. The monoisotopic (exact) mass is 824 g/mol. The van der Waals surface area contributed by atoms with Gasteiger partial charge in [0.15, 0.2) is 0 Å². The maximum absolute atomic E-state index is 15.7. The lowest BCUT2D eigenvalue weighted by Gasteiger charge is -2.24. The van der Waals surface area contributed by atoms with Crippen LogP contribution in [-0.2, 0) is 0 Å². The number of rotatable bonds is 7. The summed E-state index contributed by atoms with van der Waals surface area (Å²) in [5.41, 5.74) is 18.6. The zero-order chi connectivity index (χ0) is 43.6. The Kier molecular flexibility index (Phi) is 9.32. The van der Waals surface area contributed by atoms with E-state index in [4.69, 9.17) is 0 Å². The lowest BCUT2D eigenvalue weighted by molar-refractivity contribution is 0.0926. The van der Waals surface area contributed by atoms with Crippen LogP contribution in [0.4, 0.5) is 5.69 Å². The summed E-state index contributed by atoms with van der Waals surface area (Å²) < 4.78 is 2.22. The van der Waals surface area contributed by atoms with Crippen LogP contribution >= 0.6 is 0 Å². The number of nitrogens with zero attached hydrogens (tertiary/aromatic N) is 2. The number of anilines is 1. The number of hydrogen-bond acceptors (Lipinski definition) is 2. The molecular formula is C60H44N2O2. The summed E-state index contributed by atoms with van der Waals surface area (Å²) in [6.07, 6.45) is 0. The molecule has 10 aromatic rings. The summed E-state index contributed by atoms with van der Waals surface area (Å²) in [4.78, 5) is 32.5. The SMILES string of the molecule is Cc1ccc(-c2ccc3c4ccc(-c5ccc(C)cc5C)cc4n(-c4cccc5c4C(=O)N(c4c(-c6ccccc6)cc(-c6ccccc6)cc4-c4ccccc4)C5=O)c3c2)c(C)c1. The second kappa shape index (κ2) is 15.4. The minimum Gasteiger partial charge on any atom is -0.308 e. The van der Waals surface area contributed by atoms with Crippen LogP contribution in [-0.4, -0.2) is 16.4 Å². The molecule has 0 bridgehead atoms. The summed E-state index contributed by atoms with van der Waals surface area (Å²) in [6, 6.07) is 66.8. The minimum atomic E-state index is -0.358. The van der Waals surface area contributed by atoms with Gasteiger partial charge in [-0.25, -0.2) is 4.90 Å². The molecule has 1 aliphatic heterocycles. The van der Waals surface area contributed by atoms with E-state index < -0.39 is 0 Å². The second-order valence-corrected chi connectivity index (χ2v) is 17.1. The highest BCUT2D eigenvalue weighted by Gasteiger charge is 2.42. The average Bonchev–Trinajstić information content (AvgIpc) is 3.78. The van der Waals surface area contributed by atoms with Crippen LogP contribution in [0.15, 0.2) is 194 Å². The molecule has 9 aromatic carbocycles. The Morgan fingerprint density at radius 2 is 0.828 bits per heavy atom. The third kappa shape index (κ3) is 6.37. The number of amides is 2. The number of fused-ring (bicyclic) bond motifs is 4. The van der Waals surface area contributed by atoms with Crippen LogP contribution < -0.4 is 4.90 Å². The molecule has 2 heterocycles. The molecule has 2 amide bonds. The van der Waals surface area contributed by atoms with Crippen LogP contribution in [0.25, 0.3) is 83.1 Å². The van der Waals surface area contributed by atoms with Gasteiger partial charge >= 0.3 is 0 Å². The molecule has 0 aliphatic carbocycles. The number of aryl methyl sites for hydroxylation is 4. The summed E-state index contributed by atoms with van der Waals surface area (Å²) >= 11 is 0. The molecule has 306 valence electrons. The average molecular weight is 825 g/mol. The molecular weight excluding hydrogens is 781 g/mol. The Morgan fingerprint density at radius 3 is 1.31 bits per heavy atom. The molecule has 0 saturated carbocycles. The van der Waals surface area contributed by atoms with Crippen molar-refractivity contribution in [3.8, 4) is 61.3 Å². The summed E-state index contributed by atoms with van der Waals surface area (Å²) in [6.45, 7) is 8.54. The number of imide groups is 1. The van der Waals surface area contributed by atoms with E-state index in [9.17, 15) is 0 Å². The quantitative estimate of drug-likeness (QED) is 0.150. The van der Waals surface area contributed by atoms with Crippen molar-refractivity contribution >= 4 is 39.3 Å². The fourth-order valence-electron chi connectivity index (χ4n) is 9.89. The van der Waals surface area contributed by atoms with Crippen LogP contribution in [0.3, 0.4) is 0 Å². The van der Waals surface area contributed by atoms with Crippen LogP contribution in [0.1, 0.15) is 43.0 Å². The van der Waals surface area contributed by atoms with E-state index in [1.165, 1.54) is 27.2 Å². The number of hydrogen-bond donors (Lipinski definition) is 0. The molecule has 4 heteroatoms. The van der Waals surface area contributed by atoms with Gasteiger partial charge in [0.05, 0.1) is 33.5 Å². The van der Waals surface area contributed by atoms with Crippen LogP contribution in [0.5, 0.6) is 0 Å². The molecule has 0 spiro atoms. The highest BCUT2D eigenvalue weighted by molar-refractivity contribution is 6.37. The molecule has 64 heavy (non-hydrogen) atoms. The molecule has 4 nitrogen and oxygen atoms in total. The third-order valence-electron chi connectivity index (χ3n) is 12.9. The van der Waals surface area contributed by atoms with Crippen molar-refractivity contribution in [2.45, 2.75) is 27.7 Å². The maximum Gasteiger partial charge on any atom is 0.268 e. The van der Waals surface area contributed by atoms with E-state index in [1.807, 2.05) is 91.0 Å². The van der Waals surface area contributed by atoms with E-state index in [-0.39, 0.29) is 11.8 Å². The number of carbonyl (C=O) groups excluding carboxylic acids is 2. The van der Waals surface area contributed by atoms with E-state index in [0.29, 0.717) is 22.5 Å². The Hall–Kier alpha value is -8.08. The van der Waals surface area contributed by atoms with Gasteiger partial charge in [-0.15, -0.1) is 0 Å². The summed E-state index contributed by atoms with van der Waals surface area (Å²) in [5, 5.41) is 2.13. The second-order valence-electron chi connectivity index (χ2n) is 17.1. The van der Waals surface area contributed by atoms with Crippen molar-refractivity contribution in [2.24, 2.45) is 0 Å². The molecule has 0 atom stereocenters. The van der Waals surface area contributed by atoms with Gasteiger partial charge in [0.2, 0.25) is 0 Å². The van der Waals surface area contributed by atoms with Crippen molar-refractivity contribution in [2.75, 3.05) is 4.90 Å². The molecule has 0 fully saturated rings. The number of carbonyl (C=O) groups is 2. The standard InChI is InChI=1S/C60H44N2O2/c1-37-23-27-47(39(3)31-37)44-25-29-49-50-30-26-45(48-28-24-38(2)32-40(48)4)36-56(50)61(55(49)35-44)54-22-14-21-51-57(54)60(64)62(59(51)63)58-52(42-17-10-6-11-18-42)33-46(41-15-8-5-9-16-41)34-53(58)43-19-12-7-13-20-43/h5-36H,1-4H3. The van der Waals surface area contributed by atoms with E-state index >= 15 is 9.59 Å². The maximum atomic E-state index is 15.7. The van der Waals surface area contributed by atoms with Gasteiger partial charge in [0.1, 0.15) is 0 Å². The van der Waals surface area contributed by atoms with E-state index in [2.05, 4.69) is 129 Å². The van der Waals surface area contributed by atoms with Crippen molar-refractivity contribution in [3.05, 3.63) is 228 Å². The topological polar surface area (TPSA) is 42.3 Å². The zero-order valence-electron chi connectivity index (χ0n) is 36.2. The Morgan fingerprint density at radius 1 is 0.344 bits per heavy atom. The van der Waals surface area contributed by atoms with E-state index in [1.54, 1.807) is 6.07 Å². The Labute approximate surface area is 373 Å². The minimum absolute atomic E-state index is 0.351. The highest BCUT2D eigenvalue weighted by atomic mass is 16.2. The van der Waals surface area contributed by atoms with Crippen LogP contribution in [0, 0.1) is 27.7 Å². The molecule has 0 unspecified atom stereocenters. The fraction of sp³-hybridized carbons (Fsp3) is 0.0667. The predicted molar refractivity (Wildman–Crippen MR) is 264 cm³/mol. The molecule has 0 N–H and O–H groups in total. The fourth-order valence-corrected chi connectivity index (χ4v) is 9.89. The third-order valence-corrected chi connectivity index (χ3v) is 12.9. The van der Waals surface area contributed by atoms with Crippen molar-refractivity contribution in [1.82, 2.24) is 4.57 Å². The van der Waals surface area contributed by atoms with Crippen LogP contribution in [0.2, 0.25) is 0 Å². The predicted octanol–water partition coefficient (Wildman–Crippen LogP) is 15.2. The first-order valence-corrected chi connectivity index (χ1v) is 21.8. The molecule has 1 aromatic heterocycles. The molecule has 11 rings (SSSR count). The van der Waals surface area contributed by atoms with Gasteiger partial charge in [0, 0.05) is 21.9 Å². The van der Waals surface area contributed by atoms with Crippen molar-refractivity contribution in [3.63, 3.8) is 0 Å².